The van der Waals surface area contributed by atoms with E-state index in [0.29, 0.717) is 5.92 Å². The number of nitrogens with two attached hydrogens (primary N) is 1. The van der Waals surface area contributed by atoms with Gasteiger partial charge in [-0.2, -0.15) is 0 Å². The van der Waals surface area contributed by atoms with E-state index in [0.717, 1.165) is 25.9 Å². The van der Waals surface area contributed by atoms with E-state index in [4.69, 9.17) is 5.73 Å². The van der Waals surface area contributed by atoms with Gasteiger partial charge in [0.25, 0.3) is 5.91 Å². The van der Waals surface area contributed by atoms with Crippen LogP contribution in [0.3, 0.4) is 0 Å². The number of Topliss-reactive ketones (excluding diaryl/α,β-unsaturated/α-hetero) is 2. The summed E-state index contributed by atoms with van der Waals surface area (Å²) in [6.07, 6.45) is 1.64. The van der Waals surface area contributed by atoms with Crippen molar-refractivity contribution in [2.45, 2.75) is 49.8 Å². The van der Waals surface area contributed by atoms with Gasteiger partial charge in [-0.1, -0.05) is 30.3 Å². The number of halogens is 3. The van der Waals surface area contributed by atoms with Gasteiger partial charge in [0.1, 0.15) is 28.7 Å². The molecule has 1 amide bonds. The number of benzene rings is 2. The van der Waals surface area contributed by atoms with Crippen LogP contribution in [0.1, 0.15) is 47.4 Å². The van der Waals surface area contributed by atoms with Gasteiger partial charge in [0.15, 0.2) is 11.4 Å². The third-order valence-electron chi connectivity index (χ3n) is 9.98. The van der Waals surface area contributed by atoms with Crippen molar-refractivity contribution in [3.05, 3.63) is 81.4 Å². The van der Waals surface area contributed by atoms with E-state index in [1.807, 2.05) is 18.2 Å². The fraction of sp³-hybridized carbons (Fsp3) is 0.424. The number of phenols is 1. The van der Waals surface area contributed by atoms with Gasteiger partial charge in [-0.3, -0.25) is 24.2 Å². The molecule has 10 nitrogen and oxygen atoms in total. The number of aliphatic hydroxyl groups is 3. The fourth-order valence-corrected chi connectivity index (χ4v) is 7.85. The Labute approximate surface area is 278 Å². The summed E-state index contributed by atoms with van der Waals surface area (Å²) in [5.41, 5.74) is 2.79. The first-order valence-corrected chi connectivity index (χ1v) is 14.8. The average Bonchev–Trinajstić information content (AvgIpc) is 2.98. The lowest BCUT2D eigenvalue weighted by Crippen LogP contribution is -2.65. The molecule has 2 aromatic rings. The Morgan fingerprint density at radius 3 is 2.28 bits per heavy atom. The van der Waals surface area contributed by atoms with Crippen LogP contribution in [0.25, 0.3) is 5.76 Å². The van der Waals surface area contributed by atoms with Crippen molar-refractivity contribution in [2.24, 2.45) is 17.6 Å². The standard InChI is InChI=1S/C33H36FN3O7.2ClH/c1-36(2)27-21-13-18-12-20-24(28(39)23(18)30(41)33(21,44)31(42)25(29(27)40)32(35)43)22(38)14-19(26(20)34)15-37-10-8-17(9-11-37)16-6-4-3-5-7-16;;/h3-7,14,17-18,21,27,38-39,42,44H,8-13,15H2,1-2H3,(H2,35,43);2*1H/t18-,21-,27-,33-;;/m0../s1. The molecule has 2 aromatic carbocycles. The van der Waals surface area contributed by atoms with Crippen LogP contribution in [0.15, 0.2) is 53.3 Å². The number of primary amides is 1. The highest BCUT2D eigenvalue weighted by atomic mass is 35.5. The Morgan fingerprint density at radius 1 is 1.07 bits per heavy atom. The van der Waals surface area contributed by atoms with Gasteiger partial charge in [0.2, 0.25) is 5.78 Å². The molecule has 0 radical (unpaired) electrons. The molecule has 1 saturated heterocycles. The van der Waals surface area contributed by atoms with E-state index < -0.39 is 69.6 Å². The topological polar surface area (TPSA) is 165 Å². The van der Waals surface area contributed by atoms with Gasteiger partial charge in [-0.15, -0.1) is 24.8 Å². The smallest absolute Gasteiger partial charge is 0.255 e. The molecule has 4 atom stereocenters. The maximum absolute atomic E-state index is 16.2. The summed E-state index contributed by atoms with van der Waals surface area (Å²) >= 11 is 0. The molecule has 3 aliphatic carbocycles. The van der Waals surface area contributed by atoms with Crippen LogP contribution in [0.2, 0.25) is 0 Å². The van der Waals surface area contributed by atoms with Crippen LogP contribution in [0, 0.1) is 17.7 Å². The number of fused-ring (bicyclic) bond motifs is 3. The number of piperidine rings is 1. The summed E-state index contributed by atoms with van der Waals surface area (Å²) in [7, 11) is 3.06. The van der Waals surface area contributed by atoms with Crippen molar-refractivity contribution in [1.82, 2.24) is 9.80 Å². The number of carbonyl (C=O) groups is 3. The molecule has 0 aromatic heterocycles. The second-order valence-electron chi connectivity index (χ2n) is 12.6. The summed E-state index contributed by atoms with van der Waals surface area (Å²) in [6.45, 7) is 1.74. The van der Waals surface area contributed by atoms with Crippen molar-refractivity contribution in [1.29, 1.82) is 0 Å². The highest BCUT2D eigenvalue weighted by molar-refractivity contribution is 6.24. The minimum atomic E-state index is -2.73. The lowest BCUT2D eigenvalue weighted by molar-refractivity contribution is -0.153. The summed E-state index contributed by atoms with van der Waals surface area (Å²) in [4.78, 5) is 42.8. The molecule has 248 valence electrons. The number of carbonyl (C=O) groups excluding carboxylic acids is 3. The predicted molar refractivity (Wildman–Crippen MR) is 172 cm³/mol. The van der Waals surface area contributed by atoms with Gasteiger partial charge in [0.05, 0.1) is 11.6 Å². The van der Waals surface area contributed by atoms with Gasteiger partial charge < -0.3 is 26.2 Å². The number of ketones is 2. The second-order valence-corrected chi connectivity index (χ2v) is 12.6. The van der Waals surface area contributed by atoms with Crippen LogP contribution >= 0.6 is 24.8 Å². The summed E-state index contributed by atoms with van der Waals surface area (Å²) in [5, 5.41) is 45.0. The molecule has 1 aliphatic heterocycles. The molecule has 46 heavy (non-hydrogen) atoms. The molecule has 13 heteroatoms. The molecule has 1 heterocycles. The van der Waals surface area contributed by atoms with E-state index in [-0.39, 0.29) is 66.5 Å². The van der Waals surface area contributed by atoms with Gasteiger partial charge in [-0.05, 0) is 76.3 Å². The minimum Gasteiger partial charge on any atom is -0.508 e. The van der Waals surface area contributed by atoms with Crippen LogP contribution in [-0.4, -0.2) is 86.5 Å². The van der Waals surface area contributed by atoms with E-state index in [1.165, 1.54) is 30.6 Å². The number of likely N-dealkylation sites (N-methyl/N-ethyl adjacent to an activating group) is 1. The summed E-state index contributed by atoms with van der Waals surface area (Å²) < 4.78 is 16.2. The molecule has 4 aliphatic rings. The average molecular weight is 679 g/mol. The van der Waals surface area contributed by atoms with Gasteiger partial charge in [-0.25, -0.2) is 4.39 Å². The third kappa shape index (κ3) is 5.37. The Kier molecular flexibility index (Phi) is 9.97. The molecule has 6 N–H and O–H groups in total. The Bertz CT molecular complexity index is 1640. The van der Waals surface area contributed by atoms with Crippen molar-refractivity contribution in [3.8, 4) is 5.75 Å². The largest absolute Gasteiger partial charge is 0.508 e. The van der Waals surface area contributed by atoms with Crippen LogP contribution in [0.4, 0.5) is 4.39 Å². The Balaban J connectivity index is 0.00000240. The number of hydrogen-bond donors (Lipinski definition) is 5. The van der Waals surface area contributed by atoms with Crippen molar-refractivity contribution < 1.29 is 39.2 Å². The number of amides is 1. The predicted octanol–water partition coefficient (Wildman–Crippen LogP) is 3.33. The third-order valence-corrected chi connectivity index (χ3v) is 9.98. The van der Waals surface area contributed by atoms with E-state index in [2.05, 4.69) is 17.0 Å². The quantitative estimate of drug-likeness (QED) is 0.299. The zero-order valence-electron chi connectivity index (χ0n) is 25.4. The molecule has 0 bridgehead atoms. The minimum absolute atomic E-state index is 0. The number of aromatic hydroxyl groups is 1. The highest BCUT2D eigenvalue weighted by Crippen LogP contribution is 2.53. The van der Waals surface area contributed by atoms with E-state index >= 15 is 4.39 Å². The Hall–Kier alpha value is -3.48. The first kappa shape index (κ1) is 35.4. The van der Waals surface area contributed by atoms with Crippen molar-refractivity contribution in [2.75, 3.05) is 27.2 Å². The molecular formula is C33H38Cl2FN3O7. The zero-order chi connectivity index (χ0) is 31.7. The van der Waals surface area contributed by atoms with Crippen molar-refractivity contribution in [3.63, 3.8) is 0 Å². The molecule has 6 rings (SSSR count). The SMILES string of the molecule is CN(C)[C@@H]1C(=O)C(C(N)=O)=C(O)[C@@]2(O)C(=O)C3=C(O)c4c(O)cc(CN5CCC(c6ccccc6)CC5)c(F)c4C[C@H]3C[C@@H]12.Cl.Cl. The number of hydrogen-bond acceptors (Lipinski definition) is 9. The second kappa shape index (κ2) is 13.0. The van der Waals surface area contributed by atoms with Crippen LogP contribution in [-0.2, 0) is 27.3 Å². The normalized spacial score (nSPS) is 26.6. The van der Waals surface area contributed by atoms with Gasteiger partial charge in [0, 0.05) is 29.2 Å². The highest BCUT2D eigenvalue weighted by Gasteiger charge is 2.64. The maximum atomic E-state index is 16.2. The Morgan fingerprint density at radius 2 is 1.70 bits per heavy atom. The molecule has 2 fully saturated rings. The maximum Gasteiger partial charge on any atom is 0.255 e. The molecule has 0 unspecified atom stereocenters. The fourth-order valence-electron chi connectivity index (χ4n) is 7.85. The number of nitrogens with zero attached hydrogens (tertiary/aromatic N) is 2. The lowest BCUT2D eigenvalue weighted by Gasteiger charge is -2.50. The van der Waals surface area contributed by atoms with Crippen LogP contribution < -0.4 is 5.73 Å². The number of rotatable bonds is 5. The van der Waals surface area contributed by atoms with E-state index in [1.54, 1.807) is 0 Å². The van der Waals surface area contributed by atoms with Crippen molar-refractivity contribution >= 4 is 48.0 Å². The summed E-state index contributed by atoms with van der Waals surface area (Å²) in [5.74, 6) is -7.75. The van der Waals surface area contributed by atoms with Gasteiger partial charge >= 0.3 is 0 Å². The zero-order valence-corrected chi connectivity index (χ0v) is 27.0. The van der Waals surface area contributed by atoms with E-state index in [9.17, 15) is 34.8 Å². The number of likely N-dealkylation sites (tertiary alicyclic amines) is 1. The van der Waals surface area contributed by atoms with Crippen LogP contribution in [0.5, 0.6) is 5.75 Å². The lowest BCUT2D eigenvalue weighted by atomic mass is 9.57. The first-order chi connectivity index (χ1) is 20.9. The first-order valence-electron chi connectivity index (χ1n) is 14.8. The number of phenolic OH excluding ortho intramolecular Hbond substituents is 1. The molecular weight excluding hydrogens is 640 g/mol. The molecule has 0 spiro atoms. The number of aliphatic hydroxyl groups excluding tert-OH is 2. The summed E-state index contributed by atoms with van der Waals surface area (Å²) in [6, 6.07) is 10.3. The monoisotopic (exact) mass is 677 g/mol. The molecule has 1 saturated carbocycles.